The molecule has 0 saturated heterocycles. The Balaban J connectivity index is 2.86. The number of carbonyl (C=O) groups is 1. The average molecular weight is 350 g/mol. The van der Waals surface area contributed by atoms with Crippen LogP contribution in [-0.4, -0.2) is 58.8 Å². The van der Waals surface area contributed by atoms with Crippen LogP contribution in [0.5, 0.6) is 0 Å². The summed E-state index contributed by atoms with van der Waals surface area (Å²) in [5, 5.41) is 12.6. The average Bonchev–Trinajstić information content (AvgIpc) is 2.80. The normalized spacial score (nSPS) is 15.4. The van der Waals surface area contributed by atoms with Gasteiger partial charge in [-0.15, -0.1) is 0 Å². The number of nitrogens with zero attached hydrogens (tertiary/aromatic N) is 3. The molecule has 0 radical (unpaired) electrons. The van der Waals surface area contributed by atoms with Crippen LogP contribution in [0.1, 0.15) is 26.1 Å². The van der Waals surface area contributed by atoms with Crippen molar-refractivity contribution in [3.05, 3.63) is 18.2 Å². The van der Waals surface area contributed by atoms with Gasteiger partial charge in [-0.1, -0.05) is 13.8 Å². The summed E-state index contributed by atoms with van der Waals surface area (Å²) in [4.78, 5) is 17.5. The standard InChI is InChI=1S/C15H25F3N4O2/c1-13(2,10-21(3)4)9-20-11(23)8-14(24,15(16,17)18)12-19-6-7-22(12)5/h6-7,24H,8-10H2,1-5H3,(H,20,23). The van der Waals surface area contributed by atoms with Crippen LogP contribution in [0.2, 0.25) is 0 Å². The highest BCUT2D eigenvalue weighted by molar-refractivity contribution is 5.77. The number of aromatic nitrogens is 2. The number of rotatable bonds is 7. The molecule has 0 aliphatic heterocycles. The van der Waals surface area contributed by atoms with Crippen molar-refractivity contribution in [2.75, 3.05) is 27.2 Å². The van der Waals surface area contributed by atoms with Crippen molar-refractivity contribution in [2.45, 2.75) is 32.0 Å². The Bertz CT molecular complexity index is 569. The topological polar surface area (TPSA) is 70.4 Å². The van der Waals surface area contributed by atoms with Crippen molar-refractivity contribution in [3.63, 3.8) is 0 Å². The molecule has 138 valence electrons. The summed E-state index contributed by atoms with van der Waals surface area (Å²) in [5.74, 6) is -1.50. The van der Waals surface area contributed by atoms with Crippen molar-refractivity contribution >= 4 is 5.91 Å². The Morgan fingerprint density at radius 1 is 1.38 bits per heavy atom. The van der Waals surface area contributed by atoms with Gasteiger partial charge in [-0.05, 0) is 19.5 Å². The van der Waals surface area contributed by atoms with Crippen LogP contribution in [0.3, 0.4) is 0 Å². The van der Waals surface area contributed by atoms with Crippen LogP contribution in [0.4, 0.5) is 13.2 Å². The maximum Gasteiger partial charge on any atom is 0.425 e. The molecule has 1 aromatic rings. The fourth-order valence-electron chi connectivity index (χ4n) is 2.61. The lowest BCUT2D eigenvalue weighted by Crippen LogP contribution is -2.49. The minimum Gasteiger partial charge on any atom is -0.374 e. The van der Waals surface area contributed by atoms with Gasteiger partial charge in [-0.25, -0.2) is 4.98 Å². The zero-order valence-corrected chi connectivity index (χ0v) is 14.6. The van der Waals surface area contributed by atoms with E-state index in [4.69, 9.17) is 0 Å². The second kappa shape index (κ2) is 7.10. The summed E-state index contributed by atoms with van der Waals surface area (Å²) in [5.41, 5.74) is -3.65. The molecule has 0 aliphatic carbocycles. The first-order valence-electron chi connectivity index (χ1n) is 7.47. The number of amides is 1. The zero-order valence-electron chi connectivity index (χ0n) is 14.6. The monoisotopic (exact) mass is 350 g/mol. The third-order valence-electron chi connectivity index (χ3n) is 3.58. The van der Waals surface area contributed by atoms with E-state index >= 15 is 0 Å². The number of nitrogens with one attached hydrogen (secondary N) is 1. The molecule has 6 nitrogen and oxygen atoms in total. The molecular formula is C15H25F3N4O2. The van der Waals surface area contributed by atoms with Crippen LogP contribution >= 0.6 is 0 Å². The van der Waals surface area contributed by atoms with E-state index in [1.807, 2.05) is 32.8 Å². The summed E-state index contributed by atoms with van der Waals surface area (Å²) < 4.78 is 41.1. The molecule has 0 spiro atoms. The third kappa shape index (κ3) is 4.94. The van der Waals surface area contributed by atoms with Gasteiger partial charge in [0.15, 0.2) is 5.82 Å². The molecule has 0 fully saturated rings. The molecule has 1 rings (SSSR count). The summed E-state index contributed by atoms with van der Waals surface area (Å²) >= 11 is 0. The molecule has 2 N–H and O–H groups in total. The van der Waals surface area contributed by atoms with Gasteiger partial charge >= 0.3 is 6.18 Å². The molecule has 0 aliphatic rings. The molecule has 0 saturated carbocycles. The van der Waals surface area contributed by atoms with E-state index in [1.165, 1.54) is 13.2 Å². The fraction of sp³-hybridized carbons (Fsp3) is 0.733. The Morgan fingerprint density at radius 3 is 2.38 bits per heavy atom. The summed E-state index contributed by atoms with van der Waals surface area (Å²) in [6.07, 6.45) is -3.74. The molecule has 1 aromatic heterocycles. The maximum atomic E-state index is 13.4. The molecule has 24 heavy (non-hydrogen) atoms. The van der Waals surface area contributed by atoms with Crippen LogP contribution in [0.25, 0.3) is 0 Å². The highest BCUT2D eigenvalue weighted by atomic mass is 19.4. The van der Waals surface area contributed by atoms with Crippen molar-refractivity contribution in [1.29, 1.82) is 0 Å². The second-order valence-electron chi connectivity index (χ2n) is 7.08. The van der Waals surface area contributed by atoms with Crippen LogP contribution in [0.15, 0.2) is 12.4 Å². The fourth-order valence-corrected chi connectivity index (χ4v) is 2.61. The van der Waals surface area contributed by atoms with E-state index in [2.05, 4.69) is 10.3 Å². The number of aryl methyl sites for hydroxylation is 1. The highest BCUT2D eigenvalue weighted by Crippen LogP contribution is 2.40. The van der Waals surface area contributed by atoms with Crippen LogP contribution in [-0.2, 0) is 17.4 Å². The first-order chi connectivity index (χ1) is 10.8. The van der Waals surface area contributed by atoms with Gasteiger partial charge in [-0.2, -0.15) is 13.2 Å². The molecule has 0 bridgehead atoms. The zero-order chi connectivity index (χ0) is 18.8. The lowest BCUT2D eigenvalue weighted by atomic mass is 9.92. The maximum absolute atomic E-state index is 13.4. The Labute approximate surface area is 139 Å². The van der Waals surface area contributed by atoms with E-state index in [0.29, 0.717) is 6.54 Å². The number of hydrogen-bond donors (Lipinski definition) is 2. The second-order valence-corrected chi connectivity index (χ2v) is 7.08. The number of carbonyl (C=O) groups excluding carboxylic acids is 1. The quantitative estimate of drug-likeness (QED) is 0.777. The minimum atomic E-state index is -5.03. The summed E-state index contributed by atoms with van der Waals surface area (Å²) in [6.45, 7) is 4.62. The SMILES string of the molecule is CN(C)CC(C)(C)CNC(=O)CC(O)(c1nccn1C)C(F)(F)F. The Hall–Kier alpha value is -1.61. The van der Waals surface area contributed by atoms with E-state index in [0.717, 1.165) is 10.8 Å². The number of imidazole rings is 1. The molecule has 1 heterocycles. The minimum absolute atomic E-state index is 0.193. The molecule has 1 amide bonds. The summed E-state index contributed by atoms with van der Waals surface area (Å²) in [6, 6.07) is 0. The van der Waals surface area contributed by atoms with Gasteiger partial charge in [-0.3, -0.25) is 4.79 Å². The smallest absolute Gasteiger partial charge is 0.374 e. The van der Waals surface area contributed by atoms with Crippen molar-refractivity contribution in [3.8, 4) is 0 Å². The Morgan fingerprint density at radius 2 is 1.96 bits per heavy atom. The van der Waals surface area contributed by atoms with E-state index in [1.54, 1.807) is 0 Å². The molecule has 0 aromatic carbocycles. The van der Waals surface area contributed by atoms with Crippen molar-refractivity contribution in [2.24, 2.45) is 12.5 Å². The van der Waals surface area contributed by atoms with Crippen molar-refractivity contribution < 1.29 is 23.1 Å². The van der Waals surface area contributed by atoms with Gasteiger partial charge in [0.2, 0.25) is 11.5 Å². The largest absolute Gasteiger partial charge is 0.425 e. The third-order valence-corrected chi connectivity index (χ3v) is 3.58. The van der Waals surface area contributed by atoms with Gasteiger partial charge in [0.1, 0.15) is 0 Å². The van der Waals surface area contributed by atoms with E-state index in [-0.39, 0.29) is 12.0 Å². The predicted molar refractivity (Wildman–Crippen MR) is 83.1 cm³/mol. The summed E-state index contributed by atoms with van der Waals surface area (Å²) in [7, 11) is 5.07. The van der Waals surface area contributed by atoms with Gasteiger partial charge in [0.25, 0.3) is 0 Å². The number of halogens is 3. The number of aliphatic hydroxyl groups is 1. The van der Waals surface area contributed by atoms with E-state index in [9.17, 15) is 23.1 Å². The Kier molecular flexibility index (Phi) is 6.05. The van der Waals surface area contributed by atoms with Gasteiger partial charge in [0, 0.05) is 32.5 Å². The first kappa shape index (κ1) is 20.4. The van der Waals surface area contributed by atoms with Gasteiger partial charge in [0.05, 0.1) is 6.42 Å². The lowest BCUT2D eigenvalue weighted by molar-refractivity contribution is -0.271. The highest BCUT2D eigenvalue weighted by Gasteiger charge is 2.58. The molecule has 1 unspecified atom stereocenters. The van der Waals surface area contributed by atoms with Gasteiger partial charge < -0.3 is 19.9 Å². The number of alkyl halides is 3. The first-order valence-corrected chi connectivity index (χ1v) is 7.47. The van der Waals surface area contributed by atoms with Crippen LogP contribution in [0, 0.1) is 5.41 Å². The molecule has 9 heteroatoms. The predicted octanol–water partition coefficient (Wildman–Crippen LogP) is 1.26. The number of hydrogen-bond acceptors (Lipinski definition) is 4. The lowest BCUT2D eigenvalue weighted by Gasteiger charge is -2.31. The molecular weight excluding hydrogens is 325 g/mol. The van der Waals surface area contributed by atoms with Crippen LogP contribution < -0.4 is 5.32 Å². The molecule has 1 atom stereocenters. The van der Waals surface area contributed by atoms with Crippen molar-refractivity contribution in [1.82, 2.24) is 19.8 Å². The van der Waals surface area contributed by atoms with E-state index < -0.39 is 29.9 Å².